The predicted octanol–water partition coefficient (Wildman–Crippen LogP) is 5.75. The molecule has 3 aromatic rings. The first-order chi connectivity index (χ1) is 13.9. The second-order valence-corrected chi connectivity index (χ2v) is 7.83. The number of esters is 1. The molecule has 0 atom stereocenters. The van der Waals surface area contributed by atoms with Gasteiger partial charge in [-0.3, -0.25) is 0 Å². The van der Waals surface area contributed by atoms with E-state index in [-0.39, 0.29) is 16.9 Å². The lowest BCUT2D eigenvalue weighted by molar-refractivity contribution is 0.0696. The maximum Gasteiger partial charge on any atom is 0.347 e. The molecule has 148 valence electrons. The second kappa shape index (κ2) is 9.71. The number of hydrogen-bond acceptors (Lipinski definition) is 4. The zero-order valence-corrected chi connectivity index (χ0v) is 18.3. The van der Waals surface area contributed by atoms with E-state index in [4.69, 9.17) is 14.6 Å². The Morgan fingerprint density at radius 1 is 0.897 bits per heavy atom. The number of halogens is 2. The number of carboxylic acid groups (broad SMARTS) is 1. The minimum atomic E-state index is -1.07. The summed E-state index contributed by atoms with van der Waals surface area (Å²) in [5, 5.41) is 9.04. The monoisotopic (exact) mass is 518 g/mol. The normalized spacial score (nSPS) is 10.4. The summed E-state index contributed by atoms with van der Waals surface area (Å²) in [4.78, 5) is 23.8. The summed E-state index contributed by atoms with van der Waals surface area (Å²) in [6.07, 6.45) is 0.702. The Kier molecular flexibility index (Phi) is 7.06. The number of carbonyl (C=O) groups excluding carboxylic acids is 1. The van der Waals surface area contributed by atoms with Gasteiger partial charge in [-0.15, -0.1) is 0 Å². The summed E-state index contributed by atoms with van der Waals surface area (Å²) in [5.41, 5.74) is 1.49. The molecule has 0 amide bonds. The molecule has 0 unspecified atom stereocenters. The van der Waals surface area contributed by atoms with Crippen LogP contribution in [0.15, 0.2) is 75.7 Å². The molecule has 0 saturated heterocycles. The number of hydrogen-bond donors (Lipinski definition) is 1. The smallest absolute Gasteiger partial charge is 0.347 e. The van der Waals surface area contributed by atoms with Gasteiger partial charge in [0.05, 0.1) is 16.6 Å². The molecule has 0 aliphatic heterocycles. The summed E-state index contributed by atoms with van der Waals surface area (Å²) in [6, 6.07) is 19.2. The van der Waals surface area contributed by atoms with Crippen molar-refractivity contribution in [3.8, 4) is 11.5 Å². The molecule has 0 aliphatic carbocycles. The van der Waals surface area contributed by atoms with Crippen LogP contribution in [0.2, 0.25) is 0 Å². The molecule has 3 aromatic carbocycles. The van der Waals surface area contributed by atoms with Gasteiger partial charge in [0.15, 0.2) is 0 Å². The fourth-order valence-electron chi connectivity index (χ4n) is 2.58. The zero-order valence-electron chi connectivity index (χ0n) is 15.1. The molecule has 0 heterocycles. The molecule has 0 aromatic heterocycles. The van der Waals surface area contributed by atoms with E-state index in [1.807, 2.05) is 30.3 Å². The van der Waals surface area contributed by atoms with Crippen molar-refractivity contribution in [1.29, 1.82) is 0 Å². The van der Waals surface area contributed by atoms with Crippen LogP contribution in [0.1, 0.15) is 26.3 Å². The summed E-state index contributed by atoms with van der Waals surface area (Å²) in [7, 11) is 0. The zero-order chi connectivity index (χ0) is 20.8. The quantitative estimate of drug-likeness (QED) is 0.318. The van der Waals surface area contributed by atoms with Crippen molar-refractivity contribution in [2.75, 3.05) is 6.61 Å². The molecule has 0 spiro atoms. The van der Waals surface area contributed by atoms with Crippen molar-refractivity contribution in [1.82, 2.24) is 0 Å². The van der Waals surface area contributed by atoms with Gasteiger partial charge in [0.1, 0.15) is 17.1 Å². The molecule has 1 N–H and O–H groups in total. The molecule has 0 aliphatic rings. The minimum absolute atomic E-state index is 0.0871. The summed E-state index contributed by atoms with van der Waals surface area (Å²) >= 11 is 6.59. The molecule has 0 radical (unpaired) electrons. The van der Waals surface area contributed by atoms with Crippen LogP contribution < -0.4 is 9.47 Å². The van der Waals surface area contributed by atoms with Gasteiger partial charge in [0.25, 0.3) is 0 Å². The molecule has 0 fully saturated rings. The third-order valence-corrected chi connectivity index (χ3v) is 5.15. The number of carbonyl (C=O) groups is 2. The van der Waals surface area contributed by atoms with E-state index in [1.165, 1.54) is 18.2 Å². The van der Waals surface area contributed by atoms with E-state index in [0.29, 0.717) is 27.7 Å². The Balaban J connectivity index is 1.74. The van der Waals surface area contributed by atoms with Crippen molar-refractivity contribution in [3.63, 3.8) is 0 Å². The average molecular weight is 520 g/mol. The van der Waals surface area contributed by atoms with Crippen LogP contribution in [-0.4, -0.2) is 23.7 Å². The third-order valence-electron chi connectivity index (χ3n) is 4.03. The van der Waals surface area contributed by atoms with Crippen molar-refractivity contribution in [2.24, 2.45) is 0 Å². The van der Waals surface area contributed by atoms with Gasteiger partial charge < -0.3 is 14.6 Å². The van der Waals surface area contributed by atoms with Gasteiger partial charge in [-0.25, -0.2) is 9.59 Å². The Labute approximate surface area is 184 Å². The van der Waals surface area contributed by atoms with Crippen LogP contribution in [0, 0.1) is 0 Å². The highest BCUT2D eigenvalue weighted by Crippen LogP contribution is 2.29. The fourth-order valence-corrected chi connectivity index (χ4v) is 3.40. The second-order valence-electron chi connectivity index (χ2n) is 6.06. The summed E-state index contributed by atoms with van der Waals surface area (Å²) in [5.74, 6) is -1.04. The molecule has 5 nitrogen and oxygen atoms in total. The molecule has 7 heteroatoms. The third kappa shape index (κ3) is 5.68. The Bertz CT molecular complexity index is 1030. The highest BCUT2D eigenvalue weighted by molar-refractivity contribution is 9.10. The first-order valence-corrected chi connectivity index (χ1v) is 10.2. The lowest BCUT2D eigenvalue weighted by Gasteiger charge is -2.13. The van der Waals surface area contributed by atoms with E-state index < -0.39 is 11.9 Å². The van der Waals surface area contributed by atoms with E-state index in [0.717, 1.165) is 5.56 Å². The SMILES string of the molecule is O=C(O)c1ccc(OC(=O)c2cc(Br)ccc2OCCc2ccccc2)c(Br)c1. The Morgan fingerprint density at radius 3 is 2.31 bits per heavy atom. The number of ether oxygens (including phenoxy) is 2. The van der Waals surface area contributed by atoms with Crippen LogP contribution >= 0.6 is 31.9 Å². The number of carboxylic acids is 1. The van der Waals surface area contributed by atoms with Crippen molar-refractivity contribution in [2.45, 2.75) is 6.42 Å². The molecular weight excluding hydrogens is 504 g/mol. The molecule has 0 bridgehead atoms. The highest BCUT2D eigenvalue weighted by Gasteiger charge is 2.18. The van der Waals surface area contributed by atoms with Gasteiger partial charge in [-0.05, 0) is 57.9 Å². The summed E-state index contributed by atoms with van der Waals surface area (Å²) in [6.45, 7) is 0.406. The minimum Gasteiger partial charge on any atom is -0.492 e. The van der Waals surface area contributed by atoms with E-state index in [2.05, 4.69) is 31.9 Å². The number of rotatable bonds is 7. The summed E-state index contributed by atoms with van der Waals surface area (Å²) < 4.78 is 12.3. The van der Waals surface area contributed by atoms with Gasteiger partial charge >= 0.3 is 11.9 Å². The standard InChI is InChI=1S/C22H16Br2O5/c23-16-7-9-19(28-11-10-14-4-2-1-3-5-14)17(13-16)22(27)29-20-8-6-15(21(25)26)12-18(20)24/h1-9,12-13H,10-11H2,(H,25,26). The van der Waals surface area contributed by atoms with Gasteiger partial charge in [0, 0.05) is 10.9 Å². The Morgan fingerprint density at radius 2 is 1.62 bits per heavy atom. The number of benzene rings is 3. The van der Waals surface area contributed by atoms with Crippen molar-refractivity contribution in [3.05, 3.63) is 92.4 Å². The maximum atomic E-state index is 12.7. The van der Waals surface area contributed by atoms with Crippen LogP contribution in [0.5, 0.6) is 11.5 Å². The molecular formula is C22H16Br2O5. The lowest BCUT2D eigenvalue weighted by atomic mass is 10.1. The van der Waals surface area contributed by atoms with Gasteiger partial charge in [-0.1, -0.05) is 46.3 Å². The lowest BCUT2D eigenvalue weighted by Crippen LogP contribution is -2.12. The van der Waals surface area contributed by atoms with Crippen LogP contribution in [0.25, 0.3) is 0 Å². The molecule has 3 rings (SSSR count). The van der Waals surface area contributed by atoms with E-state index >= 15 is 0 Å². The highest BCUT2D eigenvalue weighted by atomic mass is 79.9. The van der Waals surface area contributed by atoms with Gasteiger partial charge in [-0.2, -0.15) is 0 Å². The maximum absolute atomic E-state index is 12.7. The van der Waals surface area contributed by atoms with Crippen LogP contribution in [0.4, 0.5) is 0 Å². The number of aromatic carboxylic acids is 1. The Hall–Kier alpha value is -2.64. The van der Waals surface area contributed by atoms with E-state index in [9.17, 15) is 9.59 Å². The van der Waals surface area contributed by atoms with Crippen molar-refractivity contribution < 1.29 is 24.2 Å². The first kappa shape index (κ1) is 21.1. The molecule has 0 saturated carbocycles. The molecule has 29 heavy (non-hydrogen) atoms. The van der Waals surface area contributed by atoms with Crippen LogP contribution in [-0.2, 0) is 6.42 Å². The van der Waals surface area contributed by atoms with Gasteiger partial charge in [0.2, 0.25) is 0 Å². The predicted molar refractivity (Wildman–Crippen MR) is 116 cm³/mol. The van der Waals surface area contributed by atoms with Crippen LogP contribution in [0.3, 0.4) is 0 Å². The topological polar surface area (TPSA) is 72.8 Å². The van der Waals surface area contributed by atoms with E-state index in [1.54, 1.807) is 18.2 Å². The largest absolute Gasteiger partial charge is 0.492 e. The average Bonchev–Trinajstić information content (AvgIpc) is 2.71. The fraction of sp³-hybridized carbons (Fsp3) is 0.0909. The first-order valence-electron chi connectivity index (χ1n) is 8.65. The van der Waals surface area contributed by atoms with Crippen molar-refractivity contribution >= 4 is 43.8 Å².